The molecule has 0 aromatic carbocycles. The Morgan fingerprint density at radius 3 is 2.62 bits per heavy atom. The van der Waals surface area contributed by atoms with Crippen LogP contribution in [0.25, 0.3) is 0 Å². The Hall–Kier alpha value is -0.870. The SMILES string of the molecule is Cc1nn(C)c(C)c1CNCCNC1CC1. The summed E-state index contributed by atoms with van der Waals surface area (Å²) in [6.45, 7) is 7.23. The van der Waals surface area contributed by atoms with E-state index < -0.39 is 0 Å². The highest BCUT2D eigenvalue weighted by Crippen LogP contribution is 2.17. The van der Waals surface area contributed by atoms with Gasteiger partial charge in [0.1, 0.15) is 0 Å². The smallest absolute Gasteiger partial charge is 0.0641 e. The fraction of sp³-hybridized carbons (Fsp3) is 0.750. The molecule has 1 heterocycles. The van der Waals surface area contributed by atoms with Crippen LogP contribution in [0.2, 0.25) is 0 Å². The maximum atomic E-state index is 4.41. The lowest BCUT2D eigenvalue weighted by Crippen LogP contribution is -2.28. The van der Waals surface area contributed by atoms with E-state index in [2.05, 4.69) is 29.6 Å². The van der Waals surface area contributed by atoms with Crippen LogP contribution in [0.15, 0.2) is 0 Å². The molecule has 2 N–H and O–H groups in total. The molecule has 2 rings (SSSR count). The van der Waals surface area contributed by atoms with Crippen molar-refractivity contribution in [3.05, 3.63) is 17.0 Å². The van der Waals surface area contributed by atoms with Crippen molar-refractivity contribution in [1.82, 2.24) is 20.4 Å². The molecule has 0 amide bonds. The minimum Gasteiger partial charge on any atom is -0.313 e. The van der Waals surface area contributed by atoms with Gasteiger partial charge in [0, 0.05) is 44.0 Å². The van der Waals surface area contributed by atoms with Crippen molar-refractivity contribution >= 4 is 0 Å². The van der Waals surface area contributed by atoms with Crippen LogP contribution in [0.3, 0.4) is 0 Å². The zero-order valence-electron chi connectivity index (χ0n) is 10.5. The minimum absolute atomic E-state index is 0.809. The van der Waals surface area contributed by atoms with Crippen molar-refractivity contribution in [2.75, 3.05) is 13.1 Å². The van der Waals surface area contributed by atoms with Gasteiger partial charge >= 0.3 is 0 Å². The van der Waals surface area contributed by atoms with Crippen molar-refractivity contribution in [3.63, 3.8) is 0 Å². The molecule has 90 valence electrons. The molecule has 0 bridgehead atoms. The molecule has 1 fully saturated rings. The Morgan fingerprint density at radius 2 is 2.06 bits per heavy atom. The number of rotatable bonds is 6. The molecule has 0 unspecified atom stereocenters. The van der Waals surface area contributed by atoms with Crippen LogP contribution in [0, 0.1) is 13.8 Å². The van der Waals surface area contributed by atoms with Gasteiger partial charge in [0.15, 0.2) is 0 Å². The van der Waals surface area contributed by atoms with Gasteiger partial charge in [0.25, 0.3) is 0 Å². The van der Waals surface area contributed by atoms with E-state index in [9.17, 15) is 0 Å². The quantitative estimate of drug-likeness (QED) is 0.702. The van der Waals surface area contributed by atoms with E-state index >= 15 is 0 Å². The van der Waals surface area contributed by atoms with Crippen LogP contribution in [-0.4, -0.2) is 28.9 Å². The highest BCUT2D eigenvalue weighted by Gasteiger charge is 2.19. The van der Waals surface area contributed by atoms with Gasteiger partial charge in [-0.25, -0.2) is 0 Å². The van der Waals surface area contributed by atoms with Crippen molar-refractivity contribution < 1.29 is 0 Å². The number of hydrogen-bond donors (Lipinski definition) is 2. The second-order valence-corrected chi connectivity index (χ2v) is 4.68. The summed E-state index contributed by atoms with van der Waals surface area (Å²) in [4.78, 5) is 0. The maximum absolute atomic E-state index is 4.41. The first-order chi connectivity index (χ1) is 7.68. The topological polar surface area (TPSA) is 41.9 Å². The van der Waals surface area contributed by atoms with Crippen molar-refractivity contribution in [1.29, 1.82) is 0 Å². The summed E-state index contributed by atoms with van der Waals surface area (Å²) in [5.41, 5.74) is 3.75. The standard InChI is InChI=1S/C12H22N4/c1-9-12(10(2)16(3)15-9)8-13-6-7-14-11-4-5-11/h11,13-14H,4-8H2,1-3H3. The maximum Gasteiger partial charge on any atom is 0.0641 e. The molecule has 1 aliphatic rings. The Labute approximate surface area is 97.4 Å². The van der Waals surface area contributed by atoms with Gasteiger partial charge in [-0.3, -0.25) is 4.68 Å². The fourth-order valence-corrected chi connectivity index (χ4v) is 1.94. The van der Waals surface area contributed by atoms with Gasteiger partial charge in [-0.1, -0.05) is 0 Å². The van der Waals surface area contributed by atoms with E-state index in [-0.39, 0.29) is 0 Å². The van der Waals surface area contributed by atoms with Crippen molar-refractivity contribution in [2.45, 2.75) is 39.3 Å². The van der Waals surface area contributed by atoms with Crippen LogP contribution in [0.4, 0.5) is 0 Å². The molecule has 4 heteroatoms. The van der Waals surface area contributed by atoms with E-state index in [1.807, 2.05) is 11.7 Å². The summed E-state index contributed by atoms with van der Waals surface area (Å²) < 4.78 is 1.95. The first-order valence-electron chi connectivity index (χ1n) is 6.11. The molecule has 1 aromatic heterocycles. The zero-order valence-corrected chi connectivity index (χ0v) is 10.5. The molecule has 1 aliphatic carbocycles. The van der Waals surface area contributed by atoms with Crippen LogP contribution >= 0.6 is 0 Å². The molecule has 16 heavy (non-hydrogen) atoms. The molecule has 0 spiro atoms. The molecule has 0 atom stereocenters. The van der Waals surface area contributed by atoms with E-state index in [1.54, 1.807) is 0 Å². The third kappa shape index (κ3) is 2.83. The lowest BCUT2D eigenvalue weighted by Gasteiger charge is -2.06. The number of aromatic nitrogens is 2. The summed E-state index contributed by atoms with van der Waals surface area (Å²) in [6, 6.07) is 0.809. The molecule has 0 aliphatic heterocycles. The summed E-state index contributed by atoms with van der Waals surface area (Å²) >= 11 is 0. The van der Waals surface area contributed by atoms with Gasteiger partial charge < -0.3 is 10.6 Å². The number of aryl methyl sites for hydroxylation is 2. The Balaban J connectivity index is 1.71. The zero-order chi connectivity index (χ0) is 11.5. The molecule has 1 aromatic rings. The Kier molecular flexibility index (Phi) is 3.61. The Morgan fingerprint density at radius 1 is 1.31 bits per heavy atom. The largest absolute Gasteiger partial charge is 0.313 e. The summed E-state index contributed by atoms with van der Waals surface area (Å²) in [5.74, 6) is 0. The van der Waals surface area contributed by atoms with Crippen LogP contribution < -0.4 is 10.6 Å². The lowest BCUT2D eigenvalue weighted by molar-refractivity contribution is 0.606. The number of nitrogens with one attached hydrogen (secondary N) is 2. The highest BCUT2D eigenvalue weighted by molar-refractivity contribution is 5.23. The highest BCUT2D eigenvalue weighted by atomic mass is 15.3. The minimum atomic E-state index is 0.809. The van der Waals surface area contributed by atoms with Gasteiger partial charge in [-0.2, -0.15) is 5.10 Å². The Bertz CT molecular complexity index is 352. The fourth-order valence-electron chi connectivity index (χ4n) is 1.94. The number of hydrogen-bond acceptors (Lipinski definition) is 3. The number of nitrogens with zero attached hydrogens (tertiary/aromatic N) is 2. The van der Waals surface area contributed by atoms with Crippen LogP contribution in [-0.2, 0) is 13.6 Å². The van der Waals surface area contributed by atoms with Crippen LogP contribution in [0.5, 0.6) is 0 Å². The predicted octanol–water partition coefficient (Wildman–Crippen LogP) is 0.879. The average Bonchev–Trinajstić information content (AvgIpc) is 3.02. The molecular weight excluding hydrogens is 200 g/mol. The first kappa shape index (κ1) is 11.6. The van der Waals surface area contributed by atoms with E-state index in [4.69, 9.17) is 0 Å². The monoisotopic (exact) mass is 222 g/mol. The molecule has 1 saturated carbocycles. The molecular formula is C12H22N4. The molecule has 0 saturated heterocycles. The van der Waals surface area contributed by atoms with E-state index in [0.717, 1.165) is 31.4 Å². The van der Waals surface area contributed by atoms with Gasteiger partial charge in [0.2, 0.25) is 0 Å². The van der Waals surface area contributed by atoms with Crippen molar-refractivity contribution in [2.24, 2.45) is 7.05 Å². The van der Waals surface area contributed by atoms with Gasteiger partial charge in [-0.05, 0) is 26.7 Å². The van der Waals surface area contributed by atoms with Gasteiger partial charge in [0.05, 0.1) is 5.69 Å². The first-order valence-corrected chi connectivity index (χ1v) is 6.11. The second-order valence-electron chi connectivity index (χ2n) is 4.68. The lowest BCUT2D eigenvalue weighted by atomic mass is 10.2. The summed E-state index contributed by atoms with van der Waals surface area (Å²) in [6.07, 6.45) is 2.72. The molecule has 0 radical (unpaired) electrons. The summed E-state index contributed by atoms with van der Waals surface area (Å²) in [5, 5.41) is 11.4. The normalized spacial score (nSPS) is 15.7. The second kappa shape index (κ2) is 4.97. The van der Waals surface area contributed by atoms with E-state index in [1.165, 1.54) is 24.1 Å². The molecule has 4 nitrogen and oxygen atoms in total. The average molecular weight is 222 g/mol. The van der Waals surface area contributed by atoms with Gasteiger partial charge in [-0.15, -0.1) is 0 Å². The van der Waals surface area contributed by atoms with Crippen LogP contribution in [0.1, 0.15) is 29.8 Å². The third-order valence-corrected chi connectivity index (χ3v) is 3.27. The van der Waals surface area contributed by atoms with Crippen molar-refractivity contribution in [3.8, 4) is 0 Å². The third-order valence-electron chi connectivity index (χ3n) is 3.27. The van der Waals surface area contributed by atoms with E-state index in [0.29, 0.717) is 0 Å². The predicted molar refractivity (Wildman–Crippen MR) is 65.4 cm³/mol. The summed E-state index contributed by atoms with van der Waals surface area (Å²) in [7, 11) is 2.00.